The summed E-state index contributed by atoms with van der Waals surface area (Å²) in [6, 6.07) is 9.16. The van der Waals surface area contributed by atoms with E-state index in [1.54, 1.807) is 0 Å². The lowest BCUT2D eigenvalue weighted by molar-refractivity contribution is 0.303. The van der Waals surface area contributed by atoms with Crippen molar-refractivity contribution in [2.24, 2.45) is 5.92 Å². The number of pyridine rings is 1. The van der Waals surface area contributed by atoms with Gasteiger partial charge in [0.25, 0.3) is 0 Å². The van der Waals surface area contributed by atoms with E-state index < -0.39 is 11.8 Å². The Kier molecular flexibility index (Phi) is 6.63. The third-order valence-corrected chi connectivity index (χ3v) is 5.93. The molecule has 1 aromatic heterocycles. The Balaban J connectivity index is 1.63. The number of benzene rings is 1. The van der Waals surface area contributed by atoms with Gasteiger partial charge in [-0.25, -0.2) is 9.37 Å². The standard InChI is InChI=1S/C22H26ClF2N/c1-2-3-4-5-15-6-8-16(9-7-15)17-10-12-18(13-11-17)19-14-20(24)22(25)26-21(19)23/h10-16H,2-9H2,1H3/t15-,16-. The van der Waals surface area contributed by atoms with Crippen LogP contribution in [-0.2, 0) is 0 Å². The van der Waals surface area contributed by atoms with E-state index in [9.17, 15) is 8.78 Å². The molecular formula is C22H26ClF2N. The average Bonchev–Trinajstić information content (AvgIpc) is 2.66. The molecule has 2 aromatic rings. The minimum atomic E-state index is -1.16. The van der Waals surface area contributed by atoms with E-state index in [0.717, 1.165) is 17.5 Å². The first-order chi connectivity index (χ1) is 12.6. The molecule has 1 fully saturated rings. The van der Waals surface area contributed by atoms with Crippen molar-refractivity contribution in [2.45, 2.75) is 64.2 Å². The van der Waals surface area contributed by atoms with E-state index in [2.05, 4.69) is 24.0 Å². The molecule has 1 heterocycles. The maximum absolute atomic E-state index is 13.5. The first-order valence-corrected chi connectivity index (χ1v) is 10.1. The molecule has 26 heavy (non-hydrogen) atoms. The van der Waals surface area contributed by atoms with Crippen LogP contribution >= 0.6 is 11.6 Å². The summed E-state index contributed by atoms with van der Waals surface area (Å²) in [5, 5.41) is -0.00997. The van der Waals surface area contributed by atoms with Crippen molar-refractivity contribution in [3.63, 3.8) is 0 Å². The zero-order valence-corrected chi connectivity index (χ0v) is 16.0. The molecule has 0 saturated heterocycles. The van der Waals surface area contributed by atoms with Crippen LogP contribution in [0.5, 0.6) is 0 Å². The summed E-state index contributed by atoms with van der Waals surface area (Å²) in [6.45, 7) is 2.25. The molecule has 0 amide bonds. The Hall–Kier alpha value is -1.48. The molecular weight excluding hydrogens is 352 g/mol. The first-order valence-electron chi connectivity index (χ1n) is 9.70. The Morgan fingerprint density at radius 1 is 1.04 bits per heavy atom. The Morgan fingerprint density at radius 2 is 1.73 bits per heavy atom. The lowest BCUT2D eigenvalue weighted by Crippen LogP contribution is -2.13. The number of halogens is 3. The van der Waals surface area contributed by atoms with Crippen LogP contribution in [0.15, 0.2) is 30.3 Å². The maximum atomic E-state index is 13.5. The number of rotatable bonds is 6. The van der Waals surface area contributed by atoms with Gasteiger partial charge in [0.15, 0.2) is 5.82 Å². The number of unbranched alkanes of at least 4 members (excludes halogenated alkanes) is 2. The number of hydrogen-bond acceptors (Lipinski definition) is 1. The van der Waals surface area contributed by atoms with Gasteiger partial charge in [0.05, 0.1) is 0 Å². The minimum Gasteiger partial charge on any atom is -0.205 e. The van der Waals surface area contributed by atoms with E-state index in [0.29, 0.717) is 11.5 Å². The lowest BCUT2D eigenvalue weighted by Gasteiger charge is -2.29. The zero-order chi connectivity index (χ0) is 18.5. The Labute approximate surface area is 159 Å². The molecule has 0 bridgehead atoms. The monoisotopic (exact) mass is 377 g/mol. The predicted molar refractivity (Wildman–Crippen MR) is 103 cm³/mol. The Bertz CT molecular complexity index is 722. The van der Waals surface area contributed by atoms with Crippen LogP contribution < -0.4 is 0 Å². The van der Waals surface area contributed by atoms with Gasteiger partial charge < -0.3 is 0 Å². The van der Waals surface area contributed by atoms with Gasteiger partial charge in [0, 0.05) is 5.56 Å². The minimum absolute atomic E-state index is 0.00997. The quantitative estimate of drug-likeness (QED) is 0.374. The summed E-state index contributed by atoms with van der Waals surface area (Å²) in [5.74, 6) is -0.643. The molecule has 1 saturated carbocycles. The fourth-order valence-electron chi connectivity index (χ4n) is 4.05. The lowest BCUT2D eigenvalue weighted by atomic mass is 9.77. The molecule has 3 rings (SSSR count). The molecule has 0 aliphatic heterocycles. The molecule has 140 valence electrons. The van der Waals surface area contributed by atoms with Crippen molar-refractivity contribution in [2.75, 3.05) is 0 Å². The van der Waals surface area contributed by atoms with Gasteiger partial charge in [0.1, 0.15) is 5.15 Å². The summed E-state index contributed by atoms with van der Waals surface area (Å²) in [4.78, 5) is 3.42. The fourth-order valence-corrected chi connectivity index (χ4v) is 4.29. The molecule has 1 nitrogen and oxygen atoms in total. The molecule has 0 radical (unpaired) electrons. The second-order valence-electron chi connectivity index (χ2n) is 7.43. The topological polar surface area (TPSA) is 12.9 Å². The predicted octanol–water partition coefficient (Wildman–Crippen LogP) is 7.53. The van der Waals surface area contributed by atoms with Crippen LogP contribution in [0, 0.1) is 17.7 Å². The van der Waals surface area contributed by atoms with Gasteiger partial charge >= 0.3 is 0 Å². The second kappa shape index (κ2) is 8.94. The van der Waals surface area contributed by atoms with Gasteiger partial charge in [0.2, 0.25) is 5.95 Å². The molecule has 1 aromatic carbocycles. The van der Waals surface area contributed by atoms with Crippen LogP contribution in [0.25, 0.3) is 11.1 Å². The van der Waals surface area contributed by atoms with Crippen molar-refractivity contribution in [3.05, 3.63) is 52.8 Å². The average molecular weight is 378 g/mol. The van der Waals surface area contributed by atoms with Gasteiger partial charge in [-0.1, -0.05) is 68.5 Å². The zero-order valence-electron chi connectivity index (χ0n) is 15.3. The van der Waals surface area contributed by atoms with E-state index in [1.807, 2.05) is 12.1 Å². The Morgan fingerprint density at radius 3 is 2.38 bits per heavy atom. The highest BCUT2D eigenvalue weighted by Crippen LogP contribution is 2.38. The maximum Gasteiger partial charge on any atom is 0.250 e. The fraction of sp³-hybridized carbons (Fsp3) is 0.500. The van der Waals surface area contributed by atoms with E-state index in [4.69, 9.17) is 11.6 Å². The molecule has 1 aliphatic rings. The molecule has 1 aliphatic carbocycles. The van der Waals surface area contributed by atoms with Crippen LogP contribution in [0.2, 0.25) is 5.15 Å². The summed E-state index contributed by atoms with van der Waals surface area (Å²) in [5.41, 5.74) is 2.52. The normalized spacial score (nSPS) is 20.3. The van der Waals surface area contributed by atoms with Crippen LogP contribution in [0.3, 0.4) is 0 Å². The molecule has 4 heteroatoms. The van der Waals surface area contributed by atoms with E-state index in [-0.39, 0.29) is 5.15 Å². The van der Waals surface area contributed by atoms with Gasteiger partial charge in [-0.2, -0.15) is 4.39 Å². The first kappa shape index (κ1) is 19.3. The number of nitrogens with zero attached hydrogens (tertiary/aromatic N) is 1. The highest BCUT2D eigenvalue weighted by molar-refractivity contribution is 6.32. The van der Waals surface area contributed by atoms with Crippen LogP contribution in [0.4, 0.5) is 8.78 Å². The SMILES string of the molecule is CCCCC[C@H]1CC[C@H](c2ccc(-c3cc(F)c(F)nc3Cl)cc2)CC1. The summed E-state index contributed by atoms with van der Waals surface area (Å²) < 4.78 is 26.6. The largest absolute Gasteiger partial charge is 0.250 e. The second-order valence-corrected chi connectivity index (χ2v) is 7.79. The van der Waals surface area contributed by atoms with Gasteiger partial charge in [-0.15, -0.1) is 0 Å². The number of aromatic nitrogens is 1. The van der Waals surface area contributed by atoms with Crippen molar-refractivity contribution in [1.29, 1.82) is 0 Å². The van der Waals surface area contributed by atoms with Crippen LogP contribution in [-0.4, -0.2) is 4.98 Å². The molecule has 0 N–H and O–H groups in total. The van der Waals surface area contributed by atoms with Gasteiger partial charge in [-0.05, 0) is 54.7 Å². The molecule has 0 spiro atoms. The van der Waals surface area contributed by atoms with E-state index in [1.165, 1.54) is 56.9 Å². The third kappa shape index (κ3) is 4.62. The summed E-state index contributed by atoms with van der Waals surface area (Å²) >= 11 is 5.97. The smallest absolute Gasteiger partial charge is 0.205 e. The van der Waals surface area contributed by atoms with E-state index >= 15 is 0 Å². The van der Waals surface area contributed by atoms with Crippen molar-refractivity contribution in [3.8, 4) is 11.1 Å². The highest BCUT2D eigenvalue weighted by Gasteiger charge is 2.22. The molecule has 0 atom stereocenters. The highest BCUT2D eigenvalue weighted by atomic mass is 35.5. The summed E-state index contributed by atoms with van der Waals surface area (Å²) in [6.07, 6.45) is 10.5. The summed E-state index contributed by atoms with van der Waals surface area (Å²) in [7, 11) is 0. The number of hydrogen-bond donors (Lipinski definition) is 0. The third-order valence-electron chi connectivity index (χ3n) is 5.64. The van der Waals surface area contributed by atoms with Crippen molar-refractivity contribution >= 4 is 11.6 Å². The molecule has 0 unspecified atom stereocenters. The van der Waals surface area contributed by atoms with Gasteiger partial charge in [-0.3, -0.25) is 0 Å². The van der Waals surface area contributed by atoms with Crippen molar-refractivity contribution < 1.29 is 8.78 Å². The van der Waals surface area contributed by atoms with Crippen molar-refractivity contribution in [1.82, 2.24) is 4.98 Å². The van der Waals surface area contributed by atoms with Crippen LogP contribution in [0.1, 0.15) is 69.8 Å².